The molecule has 1 unspecified atom stereocenters. The third-order valence-electron chi connectivity index (χ3n) is 3.34. The number of hydrogen-bond acceptors (Lipinski definition) is 2. The summed E-state index contributed by atoms with van der Waals surface area (Å²) in [6.45, 7) is 2.73. The first-order valence-electron chi connectivity index (χ1n) is 6.99. The molecule has 21 heavy (non-hydrogen) atoms. The Hall–Kier alpha value is -1.39. The van der Waals surface area contributed by atoms with Crippen LogP contribution >= 0.6 is 11.8 Å². The molecule has 0 spiro atoms. The fraction of sp³-hybridized carbons (Fsp3) is 0.294. The molecule has 0 bridgehead atoms. The Morgan fingerprint density at radius 1 is 1.05 bits per heavy atom. The smallest absolute Gasteiger partial charge is 0.131 e. The molecule has 1 atom stereocenters. The molecule has 2 aromatic rings. The average molecular weight is 307 g/mol. The minimum atomic E-state index is -0.514. The zero-order valence-electron chi connectivity index (χ0n) is 12.2. The van der Waals surface area contributed by atoms with Gasteiger partial charge in [0, 0.05) is 10.5 Å². The highest BCUT2D eigenvalue weighted by Gasteiger charge is 2.23. The van der Waals surface area contributed by atoms with Gasteiger partial charge in [-0.3, -0.25) is 0 Å². The normalized spacial score (nSPS) is 12.4. The van der Waals surface area contributed by atoms with Gasteiger partial charge in [-0.2, -0.15) is 0 Å². The van der Waals surface area contributed by atoms with Gasteiger partial charge in [0.1, 0.15) is 11.6 Å². The van der Waals surface area contributed by atoms with Crippen LogP contribution in [0.4, 0.5) is 8.78 Å². The van der Waals surface area contributed by atoms with Crippen LogP contribution in [0.3, 0.4) is 0 Å². The van der Waals surface area contributed by atoms with E-state index in [0.29, 0.717) is 6.54 Å². The molecular formula is C17H19F2NS. The zero-order valence-corrected chi connectivity index (χ0v) is 13.0. The summed E-state index contributed by atoms with van der Waals surface area (Å²) < 4.78 is 28.3. The highest BCUT2D eigenvalue weighted by Crippen LogP contribution is 2.32. The first-order valence-corrected chi connectivity index (χ1v) is 8.21. The number of thioether (sulfide) groups is 1. The molecule has 0 heterocycles. The predicted octanol–water partition coefficient (Wildman–Crippen LogP) is 4.78. The summed E-state index contributed by atoms with van der Waals surface area (Å²) in [5.74, 6) is -1.03. The van der Waals surface area contributed by atoms with Gasteiger partial charge >= 0.3 is 0 Å². The van der Waals surface area contributed by atoms with Gasteiger partial charge in [-0.05, 0) is 43.0 Å². The molecule has 0 radical (unpaired) electrons. The van der Waals surface area contributed by atoms with E-state index in [0.717, 1.165) is 16.9 Å². The molecule has 4 heteroatoms. The molecule has 0 aliphatic carbocycles. The Labute approximate surface area is 128 Å². The fourth-order valence-electron chi connectivity index (χ4n) is 2.35. The van der Waals surface area contributed by atoms with Gasteiger partial charge in [0.15, 0.2) is 0 Å². The monoisotopic (exact) mass is 307 g/mol. The van der Waals surface area contributed by atoms with Gasteiger partial charge in [0.25, 0.3) is 0 Å². The van der Waals surface area contributed by atoms with Gasteiger partial charge in [-0.25, -0.2) is 8.78 Å². The minimum Gasteiger partial charge on any atom is -0.306 e. The van der Waals surface area contributed by atoms with E-state index in [4.69, 9.17) is 0 Å². The number of nitrogens with one attached hydrogen (secondary N) is 1. The second-order valence-corrected chi connectivity index (χ2v) is 5.61. The van der Waals surface area contributed by atoms with Crippen molar-refractivity contribution in [1.29, 1.82) is 0 Å². The first-order chi connectivity index (χ1) is 10.2. The molecule has 0 aliphatic rings. The first kappa shape index (κ1) is 16.0. The Morgan fingerprint density at radius 3 is 2.33 bits per heavy atom. The lowest BCUT2D eigenvalue weighted by Gasteiger charge is -2.22. The predicted molar refractivity (Wildman–Crippen MR) is 84.7 cm³/mol. The van der Waals surface area contributed by atoms with E-state index in [9.17, 15) is 8.78 Å². The molecule has 0 fully saturated rings. The van der Waals surface area contributed by atoms with E-state index >= 15 is 0 Å². The Bertz CT molecular complexity index is 581. The topological polar surface area (TPSA) is 12.0 Å². The third kappa shape index (κ3) is 3.63. The lowest BCUT2D eigenvalue weighted by atomic mass is 9.97. The maximum atomic E-state index is 14.2. The molecule has 1 nitrogen and oxygen atoms in total. The summed E-state index contributed by atoms with van der Waals surface area (Å²) >= 11 is 1.58. The minimum absolute atomic E-state index is 0.0902. The SMILES string of the molecule is CCCNC(c1ccccc1SC)c1c(F)cccc1F. The van der Waals surface area contributed by atoms with Gasteiger partial charge < -0.3 is 5.32 Å². The lowest BCUT2D eigenvalue weighted by Crippen LogP contribution is -2.25. The van der Waals surface area contributed by atoms with E-state index in [1.165, 1.54) is 18.2 Å². The van der Waals surface area contributed by atoms with E-state index in [-0.39, 0.29) is 5.56 Å². The summed E-state index contributed by atoms with van der Waals surface area (Å²) in [7, 11) is 0. The Kier molecular flexibility index (Phi) is 5.76. The third-order valence-corrected chi connectivity index (χ3v) is 4.15. The highest BCUT2D eigenvalue weighted by atomic mass is 32.2. The van der Waals surface area contributed by atoms with Crippen LogP contribution in [0.2, 0.25) is 0 Å². The summed E-state index contributed by atoms with van der Waals surface area (Å²) in [6, 6.07) is 11.3. The van der Waals surface area contributed by atoms with Crippen LogP contribution < -0.4 is 5.32 Å². The van der Waals surface area contributed by atoms with E-state index in [1.54, 1.807) is 11.8 Å². The molecule has 112 valence electrons. The van der Waals surface area contributed by atoms with Gasteiger partial charge in [0.2, 0.25) is 0 Å². The van der Waals surface area contributed by atoms with Crippen LogP contribution in [0, 0.1) is 11.6 Å². The average Bonchev–Trinajstić information content (AvgIpc) is 2.50. The van der Waals surface area contributed by atoms with Crippen LogP contribution in [0.25, 0.3) is 0 Å². The van der Waals surface area contributed by atoms with Gasteiger partial charge in [-0.1, -0.05) is 31.2 Å². The van der Waals surface area contributed by atoms with Crippen LogP contribution in [0.1, 0.15) is 30.5 Å². The van der Waals surface area contributed by atoms with Crippen molar-refractivity contribution < 1.29 is 8.78 Å². The number of benzene rings is 2. The second-order valence-electron chi connectivity index (χ2n) is 4.76. The number of rotatable bonds is 6. The van der Waals surface area contributed by atoms with Crippen molar-refractivity contribution in [3.63, 3.8) is 0 Å². The van der Waals surface area contributed by atoms with E-state index in [1.807, 2.05) is 37.4 Å². The van der Waals surface area contributed by atoms with Crippen molar-refractivity contribution in [2.24, 2.45) is 0 Å². The maximum Gasteiger partial charge on any atom is 0.131 e. The van der Waals surface area contributed by atoms with Crippen LogP contribution in [-0.2, 0) is 0 Å². The summed E-state index contributed by atoms with van der Waals surface area (Å²) in [4.78, 5) is 1.02. The van der Waals surface area contributed by atoms with Crippen LogP contribution in [0.5, 0.6) is 0 Å². The standard InChI is InChI=1S/C17H19F2NS/c1-3-11-20-17(12-7-4-5-10-15(12)21-2)16-13(18)8-6-9-14(16)19/h4-10,17,20H,3,11H2,1-2H3. The Balaban J connectivity index is 2.53. The van der Waals surface area contributed by atoms with Gasteiger partial charge in [0.05, 0.1) is 6.04 Å². The van der Waals surface area contributed by atoms with Crippen molar-refractivity contribution in [2.45, 2.75) is 24.3 Å². The molecule has 2 aromatic carbocycles. The van der Waals surface area contributed by atoms with Crippen molar-refractivity contribution in [2.75, 3.05) is 12.8 Å². The molecule has 0 saturated carbocycles. The van der Waals surface area contributed by atoms with Crippen LogP contribution in [0.15, 0.2) is 47.4 Å². The fourth-order valence-corrected chi connectivity index (χ4v) is 2.98. The van der Waals surface area contributed by atoms with E-state index in [2.05, 4.69) is 5.32 Å². The van der Waals surface area contributed by atoms with E-state index < -0.39 is 17.7 Å². The molecule has 0 aromatic heterocycles. The molecule has 2 rings (SSSR count). The van der Waals surface area contributed by atoms with Crippen molar-refractivity contribution >= 4 is 11.8 Å². The Morgan fingerprint density at radius 2 is 1.71 bits per heavy atom. The number of hydrogen-bond donors (Lipinski definition) is 1. The highest BCUT2D eigenvalue weighted by molar-refractivity contribution is 7.98. The molecule has 1 N–H and O–H groups in total. The summed E-state index contributed by atoms with van der Waals surface area (Å²) in [6.07, 6.45) is 2.86. The molecule has 0 amide bonds. The second kappa shape index (κ2) is 7.57. The molecule has 0 aliphatic heterocycles. The maximum absolute atomic E-state index is 14.2. The number of halogens is 2. The summed E-state index contributed by atoms with van der Waals surface area (Å²) in [5.41, 5.74) is 0.995. The quantitative estimate of drug-likeness (QED) is 0.771. The largest absolute Gasteiger partial charge is 0.306 e. The molecular weight excluding hydrogens is 288 g/mol. The van der Waals surface area contributed by atoms with Gasteiger partial charge in [-0.15, -0.1) is 11.8 Å². The van der Waals surface area contributed by atoms with Crippen molar-refractivity contribution in [1.82, 2.24) is 5.32 Å². The van der Waals surface area contributed by atoms with Crippen molar-refractivity contribution in [3.8, 4) is 0 Å². The van der Waals surface area contributed by atoms with Crippen LogP contribution in [-0.4, -0.2) is 12.8 Å². The molecule has 0 saturated heterocycles. The zero-order chi connectivity index (χ0) is 15.2. The lowest BCUT2D eigenvalue weighted by molar-refractivity contribution is 0.500. The van der Waals surface area contributed by atoms with Crippen molar-refractivity contribution in [3.05, 3.63) is 65.2 Å². The summed E-state index contributed by atoms with van der Waals surface area (Å²) in [5, 5.41) is 3.27.